The molecule has 0 radical (unpaired) electrons. The second-order valence-electron chi connectivity index (χ2n) is 7.22. The molecule has 1 aliphatic heterocycles. The molecule has 0 N–H and O–H groups in total. The van der Waals surface area contributed by atoms with Gasteiger partial charge in [-0.05, 0) is 23.8 Å². The lowest BCUT2D eigenvalue weighted by molar-refractivity contribution is -0.131. The van der Waals surface area contributed by atoms with E-state index in [0.717, 1.165) is 5.56 Å². The molecular formula is C22H27N3O5S. The van der Waals surface area contributed by atoms with Crippen LogP contribution < -0.4 is 9.64 Å². The highest BCUT2D eigenvalue weighted by molar-refractivity contribution is 7.89. The summed E-state index contributed by atoms with van der Waals surface area (Å²) < 4.78 is 32.6. The van der Waals surface area contributed by atoms with Crippen LogP contribution in [0.2, 0.25) is 0 Å². The molecule has 9 heteroatoms. The highest BCUT2D eigenvalue weighted by Crippen LogP contribution is 2.35. The first-order chi connectivity index (χ1) is 14.8. The Morgan fingerprint density at radius 2 is 1.77 bits per heavy atom. The molecule has 2 aromatic rings. The second-order valence-corrected chi connectivity index (χ2v) is 9.16. The zero-order valence-corrected chi connectivity index (χ0v) is 18.8. The number of hydrogen-bond donors (Lipinski definition) is 0. The molecular weight excluding hydrogens is 418 g/mol. The molecule has 8 nitrogen and oxygen atoms in total. The number of likely N-dealkylation sites (N-methyl/N-ethyl adjacent to an activating group) is 1. The highest BCUT2D eigenvalue weighted by Gasteiger charge is 2.31. The summed E-state index contributed by atoms with van der Waals surface area (Å²) in [6, 6.07) is 13.9. The Hall–Kier alpha value is -2.91. The van der Waals surface area contributed by atoms with Crippen molar-refractivity contribution in [1.29, 1.82) is 0 Å². The van der Waals surface area contributed by atoms with Crippen molar-refractivity contribution in [2.24, 2.45) is 0 Å². The fraction of sp³-hybridized carbons (Fsp3) is 0.364. The molecule has 0 aromatic heterocycles. The van der Waals surface area contributed by atoms with Crippen molar-refractivity contribution < 1.29 is 22.7 Å². The van der Waals surface area contributed by atoms with E-state index >= 15 is 0 Å². The second kappa shape index (κ2) is 9.49. The zero-order chi connectivity index (χ0) is 22.6. The van der Waals surface area contributed by atoms with Gasteiger partial charge in [0.2, 0.25) is 15.9 Å². The van der Waals surface area contributed by atoms with Crippen molar-refractivity contribution in [2.45, 2.75) is 25.3 Å². The summed E-state index contributed by atoms with van der Waals surface area (Å²) in [5.41, 5.74) is 1.26. The number of anilines is 1. The van der Waals surface area contributed by atoms with Crippen molar-refractivity contribution >= 4 is 27.5 Å². The fourth-order valence-electron chi connectivity index (χ4n) is 3.43. The summed E-state index contributed by atoms with van der Waals surface area (Å²) in [6.07, 6.45) is 0. The van der Waals surface area contributed by atoms with Gasteiger partial charge in [-0.15, -0.1) is 0 Å². The van der Waals surface area contributed by atoms with Crippen molar-refractivity contribution in [2.75, 3.05) is 38.2 Å². The van der Waals surface area contributed by atoms with Crippen molar-refractivity contribution in [3.8, 4) is 5.75 Å². The van der Waals surface area contributed by atoms with Gasteiger partial charge in [-0.25, -0.2) is 8.42 Å². The molecule has 3 rings (SSSR count). The summed E-state index contributed by atoms with van der Waals surface area (Å²) in [5, 5.41) is 0. The molecule has 166 valence electrons. The van der Waals surface area contributed by atoms with Gasteiger partial charge in [-0.1, -0.05) is 44.2 Å². The summed E-state index contributed by atoms with van der Waals surface area (Å²) in [4.78, 5) is 28.3. The van der Waals surface area contributed by atoms with Crippen LogP contribution in [0.4, 0.5) is 5.69 Å². The summed E-state index contributed by atoms with van der Waals surface area (Å²) in [6.45, 7) is 4.19. The van der Waals surface area contributed by atoms with E-state index in [-0.39, 0.29) is 29.6 Å². The van der Waals surface area contributed by atoms with Crippen molar-refractivity contribution in [1.82, 2.24) is 9.21 Å². The Morgan fingerprint density at radius 3 is 2.42 bits per heavy atom. The molecule has 1 aliphatic rings. The minimum atomic E-state index is -3.72. The van der Waals surface area contributed by atoms with E-state index in [1.165, 1.54) is 32.3 Å². The van der Waals surface area contributed by atoms with E-state index in [1.807, 2.05) is 30.3 Å². The number of fused-ring (bicyclic) bond motifs is 1. The predicted octanol–water partition coefficient (Wildman–Crippen LogP) is 2.10. The van der Waals surface area contributed by atoms with Gasteiger partial charge < -0.3 is 9.64 Å². The van der Waals surface area contributed by atoms with E-state index < -0.39 is 15.9 Å². The number of amides is 2. The Labute approximate surface area is 183 Å². The first-order valence-electron chi connectivity index (χ1n) is 10.1. The third kappa shape index (κ3) is 4.88. The molecule has 0 aliphatic carbocycles. The molecule has 0 saturated heterocycles. The van der Waals surface area contributed by atoms with Gasteiger partial charge in [0.25, 0.3) is 5.91 Å². The molecule has 0 atom stereocenters. The number of hydrogen-bond acceptors (Lipinski definition) is 5. The third-order valence-corrected chi connectivity index (χ3v) is 7.24. The smallest absolute Gasteiger partial charge is 0.265 e. The lowest BCUT2D eigenvalue weighted by Gasteiger charge is -2.31. The fourth-order valence-corrected chi connectivity index (χ4v) is 4.91. The van der Waals surface area contributed by atoms with Gasteiger partial charge in [0, 0.05) is 26.7 Å². The molecule has 0 saturated carbocycles. The first-order valence-corrected chi connectivity index (χ1v) is 11.6. The quantitative estimate of drug-likeness (QED) is 0.621. The van der Waals surface area contributed by atoms with Gasteiger partial charge >= 0.3 is 0 Å². The van der Waals surface area contributed by atoms with E-state index in [0.29, 0.717) is 25.4 Å². The largest absolute Gasteiger partial charge is 0.482 e. The van der Waals surface area contributed by atoms with E-state index in [2.05, 4.69) is 0 Å². The summed E-state index contributed by atoms with van der Waals surface area (Å²) in [5.74, 6) is -0.287. The number of ether oxygens (including phenoxy) is 1. The molecule has 1 heterocycles. The SMILES string of the molecule is CCN(CC)S(=O)(=O)c1ccc2c(c1)N(CC(=O)N(C)Cc1ccccc1)C(=O)CO2. The van der Waals surface area contributed by atoms with Crippen LogP contribution in [0, 0.1) is 0 Å². The van der Waals surface area contributed by atoms with Crippen LogP contribution in [0.3, 0.4) is 0 Å². The molecule has 0 fully saturated rings. The lowest BCUT2D eigenvalue weighted by Crippen LogP contribution is -2.45. The number of benzene rings is 2. The maximum atomic E-state index is 12.9. The highest BCUT2D eigenvalue weighted by atomic mass is 32.2. The normalized spacial score (nSPS) is 13.7. The minimum absolute atomic E-state index is 0.0586. The maximum Gasteiger partial charge on any atom is 0.265 e. The van der Waals surface area contributed by atoms with E-state index in [9.17, 15) is 18.0 Å². The summed E-state index contributed by atoms with van der Waals surface area (Å²) >= 11 is 0. The summed E-state index contributed by atoms with van der Waals surface area (Å²) in [7, 11) is -2.05. The average Bonchev–Trinajstić information content (AvgIpc) is 2.76. The average molecular weight is 446 g/mol. The number of sulfonamides is 1. The minimum Gasteiger partial charge on any atom is -0.482 e. The number of nitrogens with zero attached hydrogens (tertiary/aromatic N) is 3. The van der Waals surface area contributed by atoms with Gasteiger partial charge in [0.15, 0.2) is 6.61 Å². The van der Waals surface area contributed by atoms with Crippen molar-refractivity contribution in [3.63, 3.8) is 0 Å². The van der Waals surface area contributed by atoms with Crippen LogP contribution in [0.1, 0.15) is 19.4 Å². The van der Waals surface area contributed by atoms with Gasteiger partial charge in [0.05, 0.1) is 10.6 Å². The zero-order valence-electron chi connectivity index (χ0n) is 17.9. The van der Waals surface area contributed by atoms with Crippen LogP contribution in [0.25, 0.3) is 0 Å². The topological polar surface area (TPSA) is 87.2 Å². The van der Waals surface area contributed by atoms with Gasteiger partial charge in [-0.3, -0.25) is 14.5 Å². The van der Waals surface area contributed by atoms with Crippen LogP contribution in [0.15, 0.2) is 53.4 Å². The lowest BCUT2D eigenvalue weighted by atomic mass is 10.2. The van der Waals surface area contributed by atoms with E-state index in [4.69, 9.17) is 4.74 Å². The Bertz CT molecular complexity index is 1050. The van der Waals surface area contributed by atoms with Gasteiger partial charge in [0.1, 0.15) is 12.3 Å². The van der Waals surface area contributed by atoms with Crippen LogP contribution >= 0.6 is 0 Å². The van der Waals surface area contributed by atoms with Crippen molar-refractivity contribution in [3.05, 3.63) is 54.1 Å². The number of carbonyl (C=O) groups excluding carboxylic acids is 2. The molecule has 0 spiro atoms. The standard InChI is InChI=1S/C22H27N3O5S/c1-4-24(5-2)31(28,29)18-11-12-20-19(13-18)25(22(27)16-30-20)15-21(26)23(3)14-17-9-7-6-8-10-17/h6-13H,4-5,14-16H2,1-3H3. The van der Waals surface area contributed by atoms with Crippen LogP contribution in [0.5, 0.6) is 5.75 Å². The first kappa shape index (κ1) is 22.8. The van der Waals surface area contributed by atoms with Crippen LogP contribution in [-0.2, 0) is 26.2 Å². The Balaban J connectivity index is 1.86. The number of rotatable bonds is 8. The Morgan fingerprint density at radius 1 is 1.10 bits per heavy atom. The van der Waals surface area contributed by atoms with E-state index in [1.54, 1.807) is 20.9 Å². The van der Waals surface area contributed by atoms with Crippen LogP contribution in [-0.4, -0.2) is 62.7 Å². The third-order valence-electron chi connectivity index (χ3n) is 5.20. The predicted molar refractivity (Wildman–Crippen MR) is 117 cm³/mol. The molecule has 31 heavy (non-hydrogen) atoms. The van der Waals surface area contributed by atoms with Gasteiger partial charge in [-0.2, -0.15) is 4.31 Å². The molecule has 2 aromatic carbocycles. The monoisotopic (exact) mass is 445 g/mol. The number of carbonyl (C=O) groups is 2. The molecule has 2 amide bonds. The molecule has 0 bridgehead atoms. The maximum absolute atomic E-state index is 12.9. The molecule has 0 unspecified atom stereocenters. The Kier molecular flexibility index (Phi) is 6.97.